The predicted molar refractivity (Wildman–Crippen MR) is 60.3 cm³/mol. The van der Waals surface area contributed by atoms with Gasteiger partial charge in [0, 0.05) is 5.54 Å². The van der Waals surface area contributed by atoms with Gasteiger partial charge < -0.3 is 5.73 Å². The van der Waals surface area contributed by atoms with E-state index in [2.05, 4.69) is 32.0 Å². The first-order valence-corrected chi connectivity index (χ1v) is 5.54. The summed E-state index contributed by atoms with van der Waals surface area (Å²) in [5.41, 5.74) is 10.5. The quantitative estimate of drug-likeness (QED) is 0.760. The fourth-order valence-corrected chi connectivity index (χ4v) is 2.21. The molecule has 1 nitrogen and oxygen atoms in total. The summed E-state index contributed by atoms with van der Waals surface area (Å²) in [6, 6.07) is 6.71. The molecular weight excluding hydrogens is 170 g/mol. The maximum Gasteiger partial charge on any atom is 0.0409 e. The van der Waals surface area contributed by atoms with Crippen LogP contribution in [0.3, 0.4) is 0 Å². The van der Waals surface area contributed by atoms with Crippen LogP contribution in [-0.2, 0) is 12.0 Å². The lowest BCUT2D eigenvalue weighted by molar-refractivity contribution is 0.253. The Kier molecular flexibility index (Phi) is 2.36. The van der Waals surface area contributed by atoms with E-state index in [4.69, 9.17) is 5.73 Å². The van der Waals surface area contributed by atoms with E-state index in [0.29, 0.717) is 0 Å². The molecule has 0 aliphatic heterocycles. The van der Waals surface area contributed by atoms with Crippen molar-refractivity contribution < 1.29 is 0 Å². The minimum atomic E-state index is -0.00236. The molecule has 0 bridgehead atoms. The Morgan fingerprint density at radius 1 is 1.36 bits per heavy atom. The van der Waals surface area contributed by atoms with Gasteiger partial charge in [0.1, 0.15) is 0 Å². The van der Waals surface area contributed by atoms with Gasteiger partial charge in [0.15, 0.2) is 0 Å². The van der Waals surface area contributed by atoms with E-state index in [1.165, 1.54) is 23.1 Å². The zero-order valence-electron chi connectivity index (χ0n) is 9.14. The summed E-state index contributed by atoms with van der Waals surface area (Å²) in [7, 11) is 0. The number of aryl methyl sites for hydroxylation is 2. The second kappa shape index (κ2) is 3.39. The van der Waals surface area contributed by atoms with Crippen LogP contribution in [0.1, 0.15) is 42.9 Å². The second-order valence-corrected chi connectivity index (χ2v) is 4.50. The first kappa shape index (κ1) is 9.72. The third kappa shape index (κ3) is 1.46. The molecule has 1 aromatic carbocycles. The molecule has 1 saturated carbocycles. The first-order valence-electron chi connectivity index (χ1n) is 5.54. The Morgan fingerprint density at radius 2 is 2.07 bits per heavy atom. The van der Waals surface area contributed by atoms with Crippen molar-refractivity contribution in [3.05, 3.63) is 34.9 Å². The molecule has 2 N–H and O–H groups in total. The fraction of sp³-hybridized carbons (Fsp3) is 0.538. The minimum absolute atomic E-state index is 0.00236. The molecule has 0 aromatic heterocycles. The topological polar surface area (TPSA) is 26.0 Å². The zero-order chi connectivity index (χ0) is 10.2. The van der Waals surface area contributed by atoms with Crippen LogP contribution in [0, 0.1) is 6.92 Å². The average molecular weight is 189 g/mol. The van der Waals surface area contributed by atoms with Crippen molar-refractivity contribution in [2.24, 2.45) is 5.73 Å². The van der Waals surface area contributed by atoms with E-state index < -0.39 is 0 Å². The van der Waals surface area contributed by atoms with Crippen LogP contribution in [0.5, 0.6) is 0 Å². The van der Waals surface area contributed by atoms with Crippen LogP contribution in [0.15, 0.2) is 18.2 Å². The number of hydrogen-bond acceptors (Lipinski definition) is 1. The number of nitrogens with two attached hydrogens (primary N) is 1. The summed E-state index contributed by atoms with van der Waals surface area (Å²) >= 11 is 0. The monoisotopic (exact) mass is 189 g/mol. The van der Waals surface area contributed by atoms with Gasteiger partial charge in [-0.2, -0.15) is 0 Å². The summed E-state index contributed by atoms with van der Waals surface area (Å²) in [6.45, 7) is 4.38. The third-order valence-electron chi connectivity index (χ3n) is 3.55. The molecule has 76 valence electrons. The van der Waals surface area contributed by atoms with E-state index in [1.54, 1.807) is 0 Å². The largest absolute Gasteiger partial charge is 0.321 e. The van der Waals surface area contributed by atoms with E-state index in [9.17, 15) is 0 Å². The Balaban J connectivity index is 2.35. The second-order valence-electron chi connectivity index (χ2n) is 4.50. The van der Waals surface area contributed by atoms with Crippen molar-refractivity contribution in [3.8, 4) is 0 Å². The van der Waals surface area contributed by atoms with Gasteiger partial charge in [0.05, 0.1) is 0 Å². The van der Waals surface area contributed by atoms with Crippen LogP contribution >= 0.6 is 0 Å². The lowest BCUT2D eigenvalue weighted by atomic mass is 9.72. The lowest BCUT2D eigenvalue weighted by Gasteiger charge is -2.39. The summed E-state index contributed by atoms with van der Waals surface area (Å²) in [5, 5.41) is 0. The molecule has 1 aromatic rings. The van der Waals surface area contributed by atoms with Crippen molar-refractivity contribution in [1.82, 2.24) is 0 Å². The number of rotatable bonds is 2. The molecule has 0 saturated heterocycles. The normalized spacial score (nSPS) is 19.1. The Labute approximate surface area is 86.3 Å². The molecule has 1 aliphatic carbocycles. The predicted octanol–water partition coefficient (Wildman–Crippen LogP) is 2.90. The molecule has 1 fully saturated rings. The van der Waals surface area contributed by atoms with Crippen molar-refractivity contribution in [2.75, 3.05) is 0 Å². The Bertz CT molecular complexity index is 337. The number of benzene rings is 1. The first-order chi connectivity index (χ1) is 6.65. The molecule has 0 heterocycles. The zero-order valence-corrected chi connectivity index (χ0v) is 9.14. The van der Waals surface area contributed by atoms with Crippen LogP contribution < -0.4 is 5.73 Å². The standard InChI is InChI=1S/C13H19N/c1-3-11-9-12(6-5-10(11)2)13(14)7-4-8-13/h5-6,9H,3-4,7-8,14H2,1-2H3. The highest BCUT2D eigenvalue weighted by Crippen LogP contribution is 2.39. The van der Waals surface area contributed by atoms with Gasteiger partial charge >= 0.3 is 0 Å². The maximum atomic E-state index is 6.30. The van der Waals surface area contributed by atoms with Gasteiger partial charge in [-0.05, 0) is 49.3 Å². The molecular formula is C13H19N. The van der Waals surface area contributed by atoms with Gasteiger partial charge in [-0.15, -0.1) is 0 Å². The fourth-order valence-electron chi connectivity index (χ4n) is 2.21. The van der Waals surface area contributed by atoms with E-state index in [0.717, 1.165) is 19.3 Å². The summed E-state index contributed by atoms with van der Waals surface area (Å²) < 4.78 is 0. The van der Waals surface area contributed by atoms with Gasteiger partial charge in [-0.25, -0.2) is 0 Å². The SMILES string of the molecule is CCc1cc(C2(N)CCC2)ccc1C. The van der Waals surface area contributed by atoms with Gasteiger partial charge in [-0.1, -0.05) is 25.1 Å². The molecule has 2 rings (SSSR count). The van der Waals surface area contributed by atoms with Gasteiger partial charge in [0.25, 0.3) is 0 Å². The van der Waals surface area contributed by atoms with Crippen LogP contribution in [0.25, 0.3) is 0 Å². The molecule has 1 aliphatic rings. The van der Waals surface area contributed by atoms with E-state index in [-0.39, 0.29) is 5.54 Å². The van der Waals surface area contributed by atoms with Crippen LogP contribution in [0.4, 0.5) is 0 Å². The molecule has 1 heteroatoms. The van der Waals surface area contributed by atoms with Crippen molar-refractivity contribution >= 4 is 0 Å². The molecule has 0 amide bonds. The van der Waals surface area contributed by atoms with E-state index in [1.807, 2.05) is 0 Å². The molecule has 0 spiro atoms. The third-order valence-corrected chi connectivity index (χ3v) is 3.55. The van der Waals surface area contributed by atoms with Crippen molar-refractivity contribution in [2.45, 2.75) is 45.1 Å². The molecule has 14 heavy (non-hydrogen) atoms. The highest BCUT2D eigenvalue weighted by molar-refractivity contribution is 5.36. The van der Waals surface area contributed by atoms with Crippen molar-refractivity contribution in [3.63, 3.8) is 0 Å². The minimum Gasteiger partial charge on any atom is -0.321 e. The maximum absolute atomic E-state index is 6.30. The molecule has 0 unspecified atom stereocenters. The highest BCUT2D eigenvalue weighted by atomic mass is 14.8. The summed E-state index contributed by atoms with van der Waals surface area (Å²) in [4.78, 5) is 0. The lowest BCUT2D eigenvalue weighted by Crippen LogP contribution is -2.43. The highest BCUT2D eigenvalue weighted by Gasteiger charge is 2.34. The van der Waals surface area contributed by atoms with Gasteiger partial charge in [-0.3, -0.25) is 0 Å². The van der Waals surface area contributed by atoms with E-state index >= 15 is 0 Å². The summed E-state index contributed by atoms with van der Waals surface area (Å²) in [6.07, 6.45) is 4.69. The van der Waals surface area contributed by atoms with Gasteiger partial charge in [0.2, 0.25) is 0 Å². The van der Waals surface area contributed by atoms with Crippen molar-refractivity contribution in [1.29, 1.82) is 0 Å². The summed E-state index contributed by atoms with van der Waals surface area (Å²) in [5.74, 6) is 0. The molecule has 0 atom stereocenters. The Hall–Kier alpha value is -0.820. The number of hydrogen-bond donors (Lipinski definition) is 1. The molecule has 0 radical (unpaired) electrons. The van der Waals surface area contributed by atoms with Crippen LogP contribution in [0.2, 0.25) is 0 Å². The Morgan fingerprint density at radius 3 is 2.57 bits per heavy atom. The average Bonchev–Trinajstić information content (AvgIpc) is 2.15. The smallest absolute Gasteiger partial charge is 0.0409 e. The van der Waals surface area contributed by atoms with Crippen LogP contribution in [-0.4, -0.2) is 0 Å².